The van der Waals surface area contributed by atoms with Crippen LogP contribution in [0.1, 0.15) is 6.42 Å². The van der Waals surface area contributed by atoms with Crippen molar-refractivity contribution in [1.29, 1.82) is 0 Å². The number of anilines is 1. The predicted octanol–water partition coefficient (Wildman–Crippen LogP) is 3.74. The van der Waals surface area contributed by atoms with Crippen molar-refractivity contribution < 1.29 is 0 Å². The molecule has 6 nitrogen and oxygen atoms in total. The van der Waals surface area contributed by atoms with Gasteiger partial charge in [0.25, 0.3) is 0 Å². The van der Waals surface area contributed by atoms with Gasteiger partial charge in [0.05, 0.1) is 0 Å². The first kappa shape index (κ1) is 15.5. The number of aliphatic imine (C=N–C) groups is 1. The molecule has 0 atom stereocenters. The number of hydrogen-bond donors (Lipinski definition) is 2. The SMILES string of the molecule is Clc1ccc(-c2nc(-c3csc(NC4=NCCCN4)n3)cs2)cn1. The summed E-state index contributed by atoms with van der Waals surface area (Å²) >= 11 is 8.92. The van der Waals surface area contributed by atoms with Crippen LogP contribution in [0.25, 0.3) is 22.0 Å². The van der Waals surface area contributed by atoms with Crippen LogP contribution in [0.15, 0.2) is 34.1 Å². The second-order valence-corrected chi connectivity index (χ2v) is 7.18. The molecule has 0 saturated heterocycles. The Labute approximate surface area is 151 Å². The van der Waals surface area contributed by atoms with Crippen molar-refractivity contribution in [3.63, 3.8) is 0 Å². The largest absolute Gasteiger partial charge is 0.356 e. The van der Waals surface area contributed by atoms with Crippen LogP contribution >= 0.6 is 34.3 Å². The van der Waals surface area contributed by atoms with Gasteiger partial charge in [-0.1, -0.05) is 11.6 Å². The fourth-order valence-corrected chi connectivity index (χ4v) is 3.81. The van der Waals surface area contributed by atoms with Crippen LogP contribution in [-0.4, -0.2) is 34.0 Å². The fourth-order valence-electron chi connectivity index (χ4n) is 2.19. The van der Waals surface area contributed by atoms with Crippen molar-refractivity contribution in [2.75, 3.05) is 18.4 Å². The zero-order valence-electron chi connectivity index (χ0n) is 12.5. The van der Waals surface area contributed by atoms with Crippen LogP contribution in [0.2, 0.25) is 5.15 Å². The topological polar surface area (TPSA) is 75.1 Å². The number of nitrogens with one attached hydrogen (secondary N) is 2. The molecule has 4 heterocycles. The third kappa shape index (κ3) is 3.40. The molecule has 0 aromatic carbocycles. The van der Waals surface area contributed by atoms with Crippen molar-refractivity contribution in [2.24, 2.45) is 4.99 Å². The molecule has 0 aliphatic carbocycles. The highest BCUT2D eigenvalue weighted by Crippen LogP contribution is 2.30. The number of pyridine rings is 1. The molecule has 0 spiro atoms. The molecule has 1 aliphatic rings. The van der Waals surface area contributed by atoms with E-state index in [0.29, 0.717) is 5.15 Å². The van der Waals surface area contributed by atoms with Gasteiger partial charge in [0.2, 0.25) is 0 Å². The summed E-state index contributed by atoms with van der Waals surface area (Å²) in [5, 5.41) is 12.6. The summed E-state index contributed by atoms with van der Waals surface area (Å²) in [6, 6.07) is 3.68. The molecule has 0 fully saturated rings. The minimum atomic E-state index is 0.477. The molecule has 0 unspecified atom stereocenters. The Balaban J connectivity index is 1.52. The van der Waals surface area contributed by atoms with E-state index in [1.54, 1.807) is 23.6 Å². The Morgan fingerprint density at radius 2 is 2.00 bits per heavy atom. The third-order valence-electron chi connectivity index (χ3n) is 3.37. The highest BCUT2D eigenvalue weighted by atomic mass is 35.5. The lowest BCUT2D eigenvalue weighted by molar-refractivity contribution is 0.740. The van der Waals surface area contributed by atoms with Crippen LogP contribution in [0.3, 0.4) is 0 Å². The van der Waals surface area contributed by atoms with Gasteiger partial charge in [-0.05, 0) is 18.6 Å². The van der Waals surface area contributed by atoms with E-state index in [1.807, 2.05) is 16.8 Å². The number of rotatable bonds is 3. The van der Waals surface area contributed by atoms with Crippen LogP contribution in [0.4, 0.5) is 5.13 Å². The molecule has 0 saturated carbocycles. The molecule has 4 rings (SSSR count). The molecular formula is C15H13ClN6S2. The van der Waals surface area contributed by atoms with Crippen molar-refractivity contribution >= 4 is 45.4 Å². The van der Waals surface area contributed by atoms with Gasteiger partial charge in [-0.15, -0.1) is 22.7 Å². The van der Waals surface area contributed by atoms with E-state index in [-0.39, 0.29) is 0 Å². The van der Waals surface area contributed by atoms with Crippen molar-refractivity contribution in [1.82, 2.24) is 20.3 Å². The van der Waals surface area contributed by atoms with Gasteiger partial charge < -0.3 is 10.6 Å². The molecule has 9 heteroatoms. The lowest BCUT2D eigenvalue weighted by Crippen LogP contribution is -2.35. The molecule has 24 heavy (non-hydrogen) atoms. The standard InChI is InChI=1S/C15H13ClN6S2/c16-12-3-2-9(6-19-12)13-20-10(7-23-13)11-8-24-15(21-11)22-14-17-4-1-5-18-14/h2-3,6-8H,1,4-5H2,(H2,17,18,21,22). The molecule has 1 aliphatic heterocycles. The van der Waals surface area contributed by atoms with Gasteiger partial charge in [0.1, 0.15) is 21.5 Å². The smallest absolute Gasteiger partial charge is 0.197 e. The molecule has 3 aromatic heterocycles. The highest BCUT2D eigenvalue weighted by Gasteiger charge is 2.12. The van der Waals surface area contributed by atoms with E-state index < -0.39 is 0 Å². The van der Waals surface area contributed by atoms with Gasteiger partial charge in [0.15, 0.2) is 11.1 Å². The first-order valence-electron chi connectivity index (χ1n) is 7.36. The van der Waals surface area contributed by atoms with E-state index in [0.717, 1.165) is 52.6 Å². The van der Waals surface area contributed by atoms with Gasteiger partial charge in [0, 0.05) is 35.6 Å². The van der Waals surface area contributed by atoms with Crippen LogP contribution in [0.5, 0.6) is 0 Å². The van der Waals surface area contributed by atoms with Gasteiger partial charge in [-0.2, -0.15) is 0 Å². The maximum atomic E-state index is 5.82. The zero-order chi connectivity index (χ0) is 16.4. The van der Waals surface area contributed by atoms with Crippen molar-refractivity contribution in [2.45, 2.75) is 6.42 Å². The molecule has 122 valence electrons. The summed E-state index contributed by atoms with van der Waals surface area (Å²) in [6.07, 6.45) is 2.79. The van der Waals surface area contributed by atoms with Crippen LogP contribution in [0, 0.1) is 0 Å². The third-order valence-corrected chi connectivity index (χ3v) is 5.24. The quantitative estimate of drug-likeness (QED) is 0.681. The Morgan fingerprint density at radius 3 is 2.79 bits per heavy atom. The summed E-state index contributed by atoms with van der Waals surface area (Å²) in [5.41, 5.74) is 2.65. The predicted molar refractivity (Wildman–Crippen MR) is 100 cm³/mol. The van der Waals surface area contributed by atoms with E-state index in [9.17, 15) is 0 Å². The van der Waals surface area contributed by atoms with Crippen molar-refractivity contribution in [3.05, 3.63) is 34.2 Å². The average molecular weight is 377 g/mol. The Kier molecular flexibility index (Phi) is 4.42. The molecule has 0 amide bonds. The lowest BCUT2D eigenvalue weighted by atomic mass is 10.3. The van der Waals surface area contributed by atoms with Crippen LogP contribution < -0.4 is 10.6 Å². The molecule has 2 N–H and O–H groups in total. The molecule has 0 radical (unpaired) electrons. The zero-order valence-corrected chi connectivity index (χ0v) is 14.9. The van der Waals surface area contributed by atoms with Gasteiger partial charge in [-0.25, -0.2) is 15.0 Å². The summed E-state index contributed by atoms with van der Waals surface area (Å²) in [4.78, 5) is 17.7. The average Bonchev–Trinajstić information content (AvgIpc) is 3.26. The van der Waals surface area contributed by atoms with E-state index in [2.05, 4.69) is 30.6 Å². The summed E-state index contributed by atoms with van der Waals surface area (Å²) in [7, 11) is 0. The van der Waals surface area contributed by atoms with E-state index in [1.165, 1.54) is 11.3 Å². The Bertz CT molecular complexity index is 870. The molecular weight excluding hydrogens is 364 g/mol. The maximum Gasteiger partial charge on any atom is 0.197 e. The molecule has 3 aromatic rings. The van der Waals surface area contributed by atoms with Crippen LogP contribution in [-0.2, 0) is 0 Å². The van der Waals surface area contributed by atoms with E-state index in [4.69, 9.17) is 11.6 Å². The number of thiazole rings is 2. The van der Waals surface area contributed by atoms with Crippen molar-refractivity contribution in [3.8, 4) is 22.0 Å². The number of guanidine groups is 1. The number of nitrogens with zero attached hydrogens (tertiary/aromatic N) is 4. The van der Waals surface area contributed by atoms with Gasteiger partial charge in [-0.3, -0.25) is 4.99 Å². The first-order chi connectivity index (χ1) is 11.8. The summed E-state index contributed by atoms with van der Waals surface area (Å²) in [5.74, 6) is 0.786. The van der Waals surface area contributed by atoms with Gasteiger partial charge >= 0.3 is 0 Å². The maximum absolute atomic E-state index is 5.82. The molecule has 0 bridgehead atoms. The summed E-state index contributed by atoms with van der Waals surface area (Å²) < 4.78 is 0. The number of aromatic nitrogens is 3. The minimum absolute atomic E-state index is 0.477. The second kappa shape index (κ2) is 6.84. The minimum Gasteiger partial charge on any atom is -0.356 e. The Hall–Kier alpha value is -2.03. The fraction of sp³-hybridized carbons (Fsp3) is 0.200. The lowest BCUT2D eigenvalue weighted by Gasteiger charge is -2.13. The normalized spacial score (nSPS) is 14.1. The van der Waals surface area contributed by atoms with E-state index >= 15 is 0 Å². The highest BCUT2D eigenvalue weighted by molar-refractivity contribution is 7.14. The Morgan fingerprint density at radius 1 is 1.12 bits per heavy atom. The summed E-state index contributed by atoms with van der Waals surface area (Å²) in [6.45, 7) is 1.78. The second-order valence-electron chi connectivity index (χ2n) is 5.08. The monoisotopic (exact) mass is 376 g/mol. The first-order valence-corrected chi connectivity index (χ1v) is 9.50. The number of halogens is 1. The number of hydrogen-bond acceptors (Lipinski definition) is 8.